The van der Waals surface area contributed by atoms with Gasteiger partial charge in [0.05, 0.1) is 0 Å². The molecule has 2 nitrogen and oxygen atoms in total. The Labute approximate surface area is 116 Å². The molecule has 0 fully saturated rings. The number of unbranched alkanes of at least 4 members (excludes halogenated alkanes) is 6. The van der Waals surface area contributed by atoms with E-state index in [0.29, 0.717) is 0 Å². The Bertz CT molecular complexity index is 45.6. The molecule has 0 aromatic carbocycles. The molecule has 0 aliphatic carbocycles. The predicted molar refractivity (Wildman–Crippen MR) is 66.2 cm³/mol. The standard InChI is InChI=1S/2C6H13.Hf.2H2O/c2*1-3-5-6-4-2;;;/h2*1,3-6H2,2H3;;2*1H2/q2*-1;;;. The summed E-state index contributed by atoms with van der Waals surface area (Å²) in [6.07, 6.45) is 10.1. The minimum atomic E-state index is 0. The average Bonchev–Trinajstić information content (AvgIpc) is 2.12. The maximum Gasteiger partial charge on any atom is 0 e. The Morgan fingerprint density at radius 2 is 0.933 bits per heavy atom. The molecular weight excluding hydrogens is 355 g/mol. The van der Waals surface area contributed by atoms with Crippen LogP contribution in [0, 0.1) is 13.8 Å². The van der Waals surface area contributed by atoms with E-state index in [9.17, 15) is 0 Å². The molecule has 3 heteroatoms. The Morgan fingerprint density at radius 3 is 1.00 bits per heavy atom. The summed E-state index contributed by atoms with van der Waals surface area (Å²) in [6.45, 7) is 11.9. The van der Waals surface area contributed by atoms with Crippen LogP contribution in [0.1, 0.15) is 65.2 Å². The molecule has 0 aliphatic rings. The fraction of sp³-hybridized carbons (Fsp3) is 0.833. The van der Waals surface area contributed by atoms with Gasteiger partial charge in [-0.15, -0.1) is 0 Å². The van der Waals surface area contributed by atoms with E-state index >= 15 is 0 Å². The zero-order valence-corrected chi connectivity index (χ0v) is 14.2. The fourth-order valence-corrected chi connectivity index (χ4v) is 0.854. The van der Waals surface area contributed by atoms with Gasteiger partial charge in [0.15, 0.2) is 0 Å². The van der Waals surface area contributed by atoms with E-state index in [1.54, 1.807) is 0 Å². The van der Waals surface area contributed by atoms with Gasteiger partial charge in [-0.2, -0.15) is 12.8 Å². The minimum Gasteiger partial charge on any atom is -0.412 e. The van der Waals surface area contributed by atoms with Crippen molar-refractivity contribution in [3.8, 4) is 0 Å². The predicted octanol–water partition coefficient (Wildman–Crippen LogP) is 3.15. The van der Waals surface area contributed by atoms with E-state index in [1.807, 2.05) is 0 Å². The second kappa shape index (κ2) is 36.4. The van der Waals surface area contributed by atoms with E-state index in [-0.39, 0.29) is 36.8 Å². The summed E-state index contributed by atoms with van der Waals surface area (Å²) in [5, 5.41) is 0. The van der Waals surface area contributed by atoms with Crippen molar-refractivity contribution in [1.29, 1.82) is 0 Å². The molecule has 0 aromatic heterocycles. The molecule has 0 saturated carbocycles. The van der Waals surface area contributed by atoms with Gasteiger partial charge in [0.1, 0.15) is 0 Å². The van der Waals surface area contributed by atoms with Crippen molar-refractivity contribution < 1.29 is 36.8 Å². The van der Waals surface area contributed by atoms with Gasteiger partial charge in [-0.05, 0) is 0 Å². The smallest absolute Gasteiger partial charge is 0 e. The van der Waals surface area contributed by atoms with Gasteiger partial charge in [0.25, 0.3) is 0 Å². The summed E-state index contributed by atoms with van der Waals surface area (Å²) in [5.41, 5.74) is 0. The van der Waals surface area contributed by atoms with Crippen LogP contribution in [0.3, 0.4) is 0 Å². The third-order valence-corrected chi connectivity index (χ3v) is 1.71. The Hall–Kier alpha value is 0.790. The molecule has 0 rings (SSSR count). The normalized spacial score (nSPS) is 7.20. The molecule has 4 N–H and O–H groups in total. The van der Waals surface area contributed by atoms with E-state index in [4.69, 9.17) is 0 Å². The van der Waals surface area contributed by atoms with Crippen LogP contribution in [-0.2, 0) is 25.8 Å². The summed E-state index contributed by atoms with van der Waals surface area (Å²) < 4.78 is 0. The van der Waals surface area contributed by atoms with Crippen LogP contribution in [0.2, 0.25) is 0 Å². The molecule has 0 atom stereocenters. The first-order valence-corrected chi connectivity index (χ1v) is 5.41. The largest absolute Gasteiger partial charge is 0.412 e. The first-order chi connectivity index (χ1) is 5.83. The summed E-state index contributed by atoms with van der Waals surface area (Å²) in [7, 11) is 0. The molecule has 0 heterocycles. The van der Waals surface area contributed by atoms with Crippen LogP contribution in [-0.4, -0.2) is 11.0 Å². The van der Waals surface area contributed by atoms with Gasteiger partial charge in [-0.1, -0.05) is 52.4 Å². The number of hydrogen-bond donors (Lipinski definition) is 0. The molecule has 0 spiro atoms. The fourth-order valence-electron chi connectivity index (χ4n) is 0.854. The van der Waals surface area contributed by atoms with Crippen LogP contribution < -0.4 is 0 Å². The number of rotatable bonds is 6. The second-order valence-corrected chi connectivity index (χ2v) is 3.12. The summed E-state index contributed by atoms with van der Waals surface area (Å²) in [4.78, 5) is 0. The molecule has 96 valence electrons. The third-order valence-electron chi connectivity index (χ3n) is 1.71. The van der Waals surface area contributed by atoms with Gasteiger partial charge >= 0.3 is 0 Å². The van der Waals surface area contributed by atoms with Crippen molar-refractivity contribution in [2.45, 2.75) is 65.2 Å². The van der Waals surface area contributed by atoms with Crippen LogP contribution >= 0.6 is 0 Å². The Balaban J connectivity index is -0.0000000370. The van der Waals surface area contributed by atoms with Crippen molar-refractivity contribution in [3.05, 3.63) is 13.8 Å². The third kappa shape index (κ3) is 52.5. The molecule has 0 aliphatic heterocycles. The van der Waals surface area contributed by atoms with Crippen molar-refractivity contribution in [2.75, 3.05) is 0 Å². The molecule has 0 bridgehead atoms. The molecule has 0 saturated heterocycles. The summed E-state index contributed by atoms with van der Waals surface area (Å²) in [6, 6.07) is 0. The quantitative estimate of drug-likeness (QED) is 0.383. The first-order valence-electron chi connectivity index (χ1n) is 5.41. The van der Waals surface area contributed by atoms with Gasteiger partial charge in [-0.25, -0.2) is 0 Å². The Morgan fingerprint density at radius 1 is 0.667 bits per heavy atom. The zero-order valence-electron chi connectivity index (χ0n) is 10.6. The van der Waals surface area contributed by atoms with Gasteiger partial charge in [-0.3, -0.25) is 0 Å². The van der Waals surface area contributed by atoms with Gasteiger partial charge in [0, 0.05) is 25.8 Å². The molecule has 0 unspecified atom stereocenters. The minimum absolute atomic E-state index is 0. The topological polar surface area (TPSA) is 63.0 Å². The van der Waals surface area contributed by atoms with Crippen molar-refractivity contribution in [3.63, 3.8) is 0 Å². The Kier molecular flexibility index (Phi) is 72.0. The molecule has 0 amide bonds. The van der Waals surface area contributed by atoms with Crippen LogP contribution in [0.4, 0.5) is 0 Å². The number of hydrogen-bond acceptors (Lipinski definition) is 0. The first kappa shape index (κ1) is 29.7. The maximum absolute atomic E-state index is 3.72. The molecule has 0 aromatic rings. The van der Waals surface area contributed by atoms with Gasteiger partial charge < -0.3 is 24.8 Å². The molecular formula is C12H30HfO2-2. The molecule has 0 radical (unpaired) electrons. The van der Waals surface area contributed by atoms with Crippen molar-refractivity contribution in [1.82, 2.24) is 0 Å². The van der Waals surface area contributed by atoms with E-state index in [1.165, 1.54) is 38.5 Å². The summed E-state index contributed by atoms with van der Waals surface area (Å²) in [5.74, 6) is 0. The van der Waals surface area contributed by atoms with E-state index in [0.717, 1.165) is 12.8 Å². The van der Waals surface area contributed by atoms with Crippen LogP contribution in [0.5, 0.6) is 0 Å². The van der Waals surface area contributed by atoms with Crippen molar-refractivity contribution in [2.24, 2.45) is 0 Å². The van der Waals surface area contributed by atoms with Crippen molar-refractivity contribution >= 4 is 0 Å². The van der Waals surface area contributed by atoms with Crippen LogP contribution in [0.15, 0.2) is 0 Å². The maximum atomic E-state index is 3.72. The average molecular weight is 385 g/mol. The summed E-state index contributed by atoms with van der Waals surface area (Å²) >= 11 is 0. The van der Waals surface area contributed by atoms with E-state index in [2.05, 4.69) is 27.7 Å². The van der Waals surface area contributed by atoms with Crippen LogP contribution in [0.25, 0.3) is 0 Å². The SMILES string of the molecule is O.O.[CH2-]CCCCC.[CH2-]CCCCC.[Hf]. The monoisotopic (exact) mass is 386 g/mol. The zero-order chi connectivity index (χ0) is 9.66. The molecule has 15 heavy (non-hydrogen) atoms. The van der Waals surface area contributed by atoms with E-state index < -0.39 is 0 Å². The van der Waals surface area contributed by atoms with Gasteiger partial charge in [0.2, 0.25) is 0 Å². The second-order valence-electron chi connectivity index (χ2n) is 3.12.